The summed E-state index contributed by atoms with van der Waals surface area (Å²) in [5, 5.41) is 3.03. The molecule has 0 heterocycles. The SMILES string of the molecule is CC/C=C\C/C=C\C/C=C\C/C=C\C/C=C\C/C=C\CCCCC(=O)NC(COP(=O)(O)OCC[N+](C)(C)C)C(/C=C/CCCCCCCCCCC)OC(=O)CCCCCCCCCCCCCCC/C=C\C/C=C\CCCCC. The predicted octanol–water partition coefficient (Wildman–Crippen LogP) is 20.9. The van der Waals surface area contributed by atoms with Crippen molar-refractivity contribution in [3.63, 3.8) is 0 Å². The number of esters is 1. The van der Waals surface area contributed by atoms with Crippen molar-refractivity contribution in [1.29, 1.82) is 0 Å². The van der Waals surface area contributed by atoms with Crippen LogP contribution in [0.3, 0.4) is 0 Å². The van der Waals surface area contributed by atoms with Gasteiger partial charge < -0.3 is 19.4 Å². The number of nitrogens with one attached hydrogen (secondary N) is 1. The van der Waals surface area contributed by atoms with E-state index in [4.69, 9.17) is 13.8 Å². The Labute approximate surface area is 500 Å². The minimum atomic E-state index is -4.47. The number of phosphoric acid groups is 1. The normalized spacial score (nSPS) is 14.3. The van der Waals surface area contributed by atoms with Crippen LogP contribution in [-0.4, -0.2) is 74.3 Å². The molecule has 0 spiro atoms. The number of ether oxygens (including phenoxy) is 1. The molecule has 2 N–H and O–H groups in total. The molecule has 81 heavy (non-hydrogen) atoms. The van der Waals surface area contributed by atoms with Gasteiger partial charge in [-0.25, -0.2) is 4.57 Å². The zero-order valence-corrected chi connectivity index (χ0v) is 54.1. The van der Waals surface area contributed by atoms with E-state index in [0.29, 0.717) is 17.4 Å². The van der Waals surface area contributed by atoms with E-state index in [1.54, 1.807) is 0 Å². The number of likely N-dealkylation sites (N-methyl/N-ethyl adjacent to an activating group) is 1. The molecular formula is C71H126N2O7P+. The van der Waals surface area contributed by atoms with Crippen LogP contribution in [-0.2, 0) is 27.9 Å². The molecule has 466 valence electrons. The number of quaternary nitrogens is 1. The highest BCUT2D eigenvalue weighted by atomic mass is 31.2. The van der Waals surface area contributed by atoms with E-state index in [1.807, 2.05) is 33.3 Å². The fraction of sp³-hybridized carbons (Fsp3) is 0.718. The van der Waals surface area contributed by atoms with Crippen LogP contribution in [0.25, 0.3) is 0 Å². The molecule has 0 saturated carbocycles. The van der Waals surface area contributed by atoms with Crippen molar-refractivity contribution in [2.75, 3.05) is 40.9 Å². The maximum Gasteiger partial charge on any atom is 0.472 e. The van der Waals surface area contributed by atoms with Crippen molar-refractivity contribution < 1.29 is 37.3 Å². The average molecular weight is 1150 g/mol. The maximum atomic E-state index is 13.6. The van der Waals surface area contributed by atoms with Gasteiger partial charge in [-0.05, 0) is 115 Å². The van der Waals surface area contributed by atoms with Crippen LogP contribution >= 0.6 is 7.82 Å². The summed E-state index contributed by atoms with van der Waals surface area (Å²) in [7, 11) is 1.46. The Bertz CT molecular complexity index is 1750. The third-order valence-electron chi connectivity index (χ3n) is 14.2. The zero-order chi connectivity index (χ0) is 59.3. The van der Waals surface area contributed by atoms with Gasteiger partial charge in [0.05, 0.1) is 33.8 Å². The number of amides is 1. The summed E-state index contributed by atoms with van der Waals surface area (Å²) < 4.78 is 30.7. The third kappa shape index (κ3) is 61.1. The number of unbranched alkanes of at least 4 members (excludes halogenated alkanes) is 27. The Morgan fingerprint density at radius 2 is 0.790 bits per heavy atom. The Morgan fingerprint density at radius 3 is 1.22 bits per heavy atom. The highest BCUT2D eigenvalue weighted by Crippen LogP contribution is 2.43. The number of hydrogen-bond acceptors (Lipinski definition) is 6. The number of nitrogens with zero attached hydrogens (tertiary/aromatic N) is 1. The number of rotatable bonds is 59. The number of hydrogen-bond donors (Lipinski definition) is 2. The molecule has 0 fully saturated rings. The molecule has 0 aliphatic heterocycles. The van der Waals surface area contributed by atoms with Crippen LogP contribution in [0.5, 0.6) is 0 Å². The van der Waals surface area contributed by atoms with Gasteiger partial charge in [0.1, 0.15) is 19.3 Å². The number of carbonyl (C=O) groups excluding carboxylic acids is 2. The lowest BCUT2D eigenvalue weighted by Gasteiger charge is -2.27. The topological polar surface area (TPSA) is 111 Å². The van der Waals surface area contributed by atoms with Crippen LogP contribution < -0.4 is 5.32 Å². The highest BCUT2D eigenvalue weighted by molar-refractivity contribution is 7.47. The zero-order valence-electron chi connectivity index (χ0n) is 53.2. The van der Waals surface area contributed by atoms with Crippen molar-refractivity contribution in [2.24, 2.45) is 0 Å². The first-order chi connectivity index (χ1) is 39.4. The fourth-order valence-corrected chi connectivity index (χ4v) is 9.83. The Balaban J connectivity index is 5.19. The van der Waals surface area contributed by atoms with E-state index in [1.165, 1.54) is 141 Å². The van der Waals surface area contributed by atoms with Crippen LogP contribution in [0.2, 0.25) is 0 Å². The van der Waals surface area contributed by atoms with Gasteiger partial charge in [0, 0.05) is 12.8 Å². The molecule has 0 aromatic carbocycles. The van der Waals surface area contributed by atoms with Gasteiger partial charge in [0.2, 0.25) is 5.91 Å². The molecule has 0 aromatic rings. The second-order valence-electron chi connectivity index (χ2n) is 23.3. The summed E-state index contributed by atoms with van der Waals surface area (Å²) in [5.41, 5.74) is 0. The van der Waals surface area contributed by atoms with E-state index >= 15 is 0 Å². The molecule has 9 nitrogen and oxygen atoms in total. The molecule has 3 unspecified atom stereocenters. The minimum absolute atomic E-state index is 0.0267. The van der Waals surface area contributed by atoms with Gasteiger partial charge in [-0.1, -0.05) is 259 Å². The monoisotopic (exact) mass is 1150 g/mol. The maximum absolute atomic E-state index is 13.6. The lowest BCUT2D eigenvalue weighted by molar-refractivity contribution is -0.870. The molecule has 0 bridgehead atoms. The molecule has 3 atom stereocenters. The highest BCUT2D eigenvalue weighted by Gasteiger charge is 2.30. The second-order valence-corrected chi connectivity index (χ2v) is 24.7. The van der Waals surface area contributed by atoms with Crippen molar-refractivity contribution in [3.8, 4) is 0 Å². The number of carbonyl (C=O) groups is 2. The van der Waals surface area contributed by atoms with Crippen LogP contribution in [0.1, 0.15) is 278 Å². The Kier molecular flexibility index (Phi) is 57.4. The lowest BCUT2D eigenvalue weighted by atomic mass is 10.0. The summed E-state index contributed by atoms with van der Waals surface area (Å²) in [6.45, 7) is 6.84. The van der Waals surface area contributed by atoms with Gasteiger partial charge >= 0.3 is 13.8 Å². The van der Waals surface area contributed by atoms with Crippen LogP contribution in [0.4, 0.5) is 0 Å². The number of phosphoric ester groups is 1. The van der Waals surface area contributed by atoms with Gasteiger partial charge in [0.15, 0.2) is 0 Å². The van der Waals surface area contributed by atoms with Gasteiger partial charge in [-0.15, -0.1) is 0 Å². The van der Waals surface area contributed by atoms with E-state index in [-0.39, 0.29) is 37.9 Å². The van der Waals surface area contributed by atoms with E-state index in [2.05, 4.69) is 123 Å². The summed E-state index contributed by atoms with van der Waals surface area (Å²) in [6.07, 6.45) is 82.4. The Hall–Kier alpha value is -3.33. The standard InChI is InChI=1S/C71H125N2O7P/c1-7-10-13-16-19-22-25-27-29-31-33-35-36-38-40-42-44-46-49-52-55-58-61-64-71(75)80-69(62-59-56-53-50-47-24-21-18-15-12-9-3)68(67-79-81(76,77)78-66-65-73(4,5)6)72-70(74)63-60-57-54-51-48-45-43-41-39-37-34-32-30-28-26-23-20-17-14-11-8-2/h11,14,19-20,22-23,27-30,34,37,41,43,48,51,59,62,68-69H,7-10,12-13,15-18,21,24-26,31-33,35-36,38-40,42,44-47,49-50,52-58,60-61,63-67H2,1-6H3,(H-,72,74,76,77)/p+1/b14-11-,22-19-,23-20-,29-27-,30-28-,37-34-,43-41-,51-48-,62-59+. The summed E-state index contributed by atoms with van der Waals surface area (Å²) >= 11 is 0. The predicted molar refractivity (Wildman–Crippen MR) is 350 cm³/mol. The van der Waals surface area contributed by atoms with E-state index in [9.17, 15) is 19.0 Å². The third-order valence-corrected chi connectivity index (χ3v) is 15.2. The number of allylic oxidation sites excluding steroid dienone is 17. The molecule has 0 aliphatic carbocycles. The fourth-order valence-electron chi connectivity index (χ4n) is 9.09. The average Bonchev–Trinajstić information content (AvgIpc) is 3.44. The van der Waals surface area contributed by atoms with E-state index < -0.39 is 20.0 Å². The van der Waals surface area contributed by atoms with Crippen LogP contribution in [0.15, 0.2) is 109 Å². The van der Waals surface area contributed by atoms with E-state index in [0.717, 1.165) is 96.3 Å². The van der Waals surface area contributed by atoms with Crippen LogP contribution in [0, 0.1) is 0 Å². The molecule has 0 saturated heterocycles. The summed E-state index contributed by atoms with van der Waals surface area (Å²) in [6, 6.07) is -0.878. The van der Waals surface area contributed by atoms with Gasteiger partial charge in [0.25, 0.3) is 0 Å². The summed E-state index contributed by atoms with van der Waals surface area (Å²) in [4.78, 5) is 37.8. The molecule has 0 rings (SSSR count). The molecule has 10 heteroatoms. The first kappa shape index (κ1) is 77.7. The van der Waals surface area contributed by atoms with Gasteiger partial charge in [-0.2, -0.15) is 0 Å². The minimum Gasteiger partial charge on any atom is -0.456 e. The van der Waals surface area contributed by atoms with Crippen molar-refractivity contribution >= 4 is 19.7 Å². The van der Waals surface area contributed by atoms with Crippen molar-refractivity contribution in [1.82, 2.24) is 5.32 Å². The molecule has 0 aliphatic rings. The molecular weight excluding hydrogens is 1020 g/mol. The lowest BCUT2D eigenvalue weighted by Crippen LogP contribution is -2.47. The first-order valence-corrected chi connectivity index (χ1v) is 34.7. The largest absolute Gasteiger partial charge is 0.472 e. The van der Waals surface area contributed by atoms with Gasteiger partial charge in [-0.3, -0.25) is 18.6 Å². The first-order valence-electron chi connectivity index (χ1n) is 33.2. The molecule has 0 radical (unpaired) electrons. The van der Waals surface area contributed by atoms with Crippen molar-refractivity contribution in [3.05, 3.63) is 109 Å². The quantitative estimate of drug-likeness (QED) is 0.0205. The Morgan fingerprint density at radius 1 is 0.444 bits per heavy atom. The second kappa shape index (κ2) is 59.8. The molecule has 0 aromatic heterocycles. The van der Waals surface area contributed by atoms with Crippen molar-refractivity contribution in [2.45, 2.75) is 290 Å². The summed E-state index contributed by atoms with van der Waals surface area (Å²) in [5.74, 6) is -0.559. The smallest absolute Gasteiger partial charge is 0.456 e. The molecule has 1 amide bonds.